The summed E-state index contributed by atoms with van der Waals surface area (Å²) in [5, 5.41) is 9.93. The van der Waals surface area contributed by atoms with E-state index in [0.717, 1.165) is 0 Å². The molecular weight excluding hydrogens is 449 g/mol. The summed E-state index contributed by atoms with van der Waals surface area (Å²) >= 11 is 0. The lowest BCUT2D eigenvalue weighted by atomic mass is 9.86. The molecular formula is C22H23F5N3O3+. The molecule has 0 radical (unpaired) electrons. The zero-order valence-electron chi connectivity index (χ0n) is 18.5. The Kier molecular flexibility index (Phi) is 5.01. The second-order valence-electron chi connectivity index (χ2n) is 8.99. The molecule has 1 saturated heterocycles. The maximum atomic E-state index is 14.4. The fraction of sp³-hybridized carbons (Fsp3) is 0.500. The van der Waals surface area contributed by atoms with Crippen LogP contribution in [0.3, 0.4) is 0 Å². The van der Waals surface area contributed by atoms with Gasteiger partial charge in [-0.1, -0.05) is 0 Å². The van der Waals surface area contributed by atoms with Crippen LogP contribution in [-0.2, 0) is 15.8 Å². The van der Waals surface area contributed by atoms with Crippen LogP contribution in [0.25, 0.3) is 5.70 Å². The fourth-order valence-electron chi connectivity index (χ4n) is 5.29. The van der Waals surface area contributed by atoms with Gasteiger partial charge in [0.05, 0.1) is 18.2 Å². The van der Waals surface area contributed by atoms with Crippen LogP contribution in [0, 0.1) is 6.92 Å². The van der Waals surface area contributed by atoms with Crippen LogP contribution in [0.5, 0.6) is 0 Å². The van der Waals surface area contributed by atoms with Crippen LogP contribution in [-0.4, -0.2) is 52.0 Å². The molecule has 3 aliphatic rings. The molecule has 0 bridgehead atoms. The van der Waals surface area contributed by atoms with Gasteiger partial charge in [-0.3, -0.25) is 4.79 Å². The van der Waals surface area contributed by atoms with Crippen LogP contribution < -0.4 is 4.90 Å². The predicted molar refractivity (Wildman–Crippen MR) is 108 cm³/mol. The molecule has 1 aromatic rings. The number of anilines is 1. The molecule has 2 atom stereocenters. The monoisotopic (exact) mass is 472 g/mol. The third-order valence-corrected chi connectivity index (χ3v) is 7.15. The lowest BCUT2D eigenvalue weighted by Crippen LogP contribution is -2.62. The Labute approximate surface area is 186 Å². The molecule has 0 saturated carbocycles. The lowest BCUT2D eigenvalue weighted by molar-refractivity contribution is -0.830. The third kappa shape index (κ3) is 3.27. The molecule has 0 spiro atoms. The molecule has 33 heavy (non-hydrogen) atoms. The smallest absolute Gasteiger partial charge is 0.433 e. The van der Waals surface area contributed by atoms with E-state index in [2.05, 4.69) is 4.98 Å². The number of carbonyl (C=O) groups excluding carboxylic acids is 1. The summed E-state index contributed by atoms with van der Waals surface area (Å²) < 4.78 is 69.5. The molecule has 3 aliphatic heterocycles. The van der Waals surface area contributed by atoms with Crippen LogP contribution in [0.2, 0.25) is 0 Å². The number of alkyl halides is 5. The Morgan fingerprint density at radius 2 is 1.88 bits per heavy atom. The average molecular weight is 472 g/mol. The Bertz CT molecular complexity index is 1150. The van der Waals surface area contributed by atoms with Crippen LogP contribution in [0.1, 0.15) is 49.9 Å². The predicted octanol–water partition coefficient (Wildman–Crippen LogP) is 4.49. The third-order valence-electron chi connectivity index (χ3n) is 7.15. The van der Waals surface area contributed by atoms with E-state index >= 15 is 0 Å². The molecule has 0 aliphatic carbocycles. The SMILES string of the molecule is CC1=C(C)[N+]2(C)C(=C(C(=O)O)C1=O)c1cc(C)c(C(F)(F)F)nc1N1CCC(F)(F)CCC12. The van der Waals surface area contributed by atoms with Crippen molar-refractivity contribution in [2.24, 2.45) is 0 Å². The first kappa shape index (κ1) is 23.3. The number of ketones is 1. The molecule has 1 N–H and O–H groups in total. The summed E-state index contributed by atoms with van der Waals surface area (Å²) in [5.74, 6) is -5.53. The number of halogens is 5. The van der Waals surface area contributed by atoms with E-state index in [0.29, 0.717) is 5.70 Å². The molecule has 6 nitrogen and oxygen atoms in total. The fourth-order valence-corrected chi connectivity index (χ4v) is 5.29. The Balaban J connectivity index is 2.13. The minimum absolute atomic E-state index is 0.0126. The number of aliphatic carboxylic acids is 1. The summed E-state index contributed by atoms with van der Waals surface area (Å²) in [4.78, 5) is 30.5. The highest BCUT2D eigenvalue weighted by molar-refractivity contribution is 6.28. The molecule has 0 aromatic carbocycles. The van der Waals surface area contributed by atoms with E-state index in [-0.39, 0.29) is 45.7 Å². The van der Waals surface area contributed by atoms with Gasteiger partial charge < -0.3 is 10.0 Å². The topological polar surface area (TPSA) is 70.5 Å². The summed E-state index contributed by atoms with van der Waals surface area (Å²) in [6, 6.07) is 1.17. The number of nitrogens with zero attached hydrogens (tertiary/aromatic N) is 3. The number of allylic oxidation sites excluding steroid dienone is 2. The summed E-state index contributed by atoms with van der Waals surface area (Å²) in [6.45, 7) is 4.04. The number of rotatable bonds is 1. The maximum absolute atomic E-state index is 14.4. The standard InChI is InChI=1S/C22H22F5N3O3/c1-10-9-13-16-15(20(32)33)17(31)11(2)12(3)30(16,4)14-5-6-21(23,24)7-8-29(14)19(13)28-18(10)22(25,26)27/h9,14H,5-8H2,1-4H3/p+1. The van der Waals surface area contributed by atoms with Gasteiger partial charge in [-0.25, -0.2) is 23.0 Å². The molecule has 11 heteroatoms. The Morgan fingerprint density at radius 3 is 2.45 bits per heavy atom. The molecule has 1 fully saturated rings. The van der Waals surface area contributed by atoms with Crippen molar-refractivity contribution in [1.82, 2.24) is 4.98 Å². The van der Waals surface area contributed by atoms with Gasteiger partial charge in [-0.05, 0) is 25.5 Å². The number of aromatic nitrogens is 1. The Hall–Kier alpha value is -2.82. The van der Waals surface area contributed by atoms with Crippen molar-refractivity contribution >= 4 is 23.3 Å². The number of carboxylic acids is 1. The number of hydrogen-bond donors (Lipinski definition) is 1. The van der Waals surface area contributed by atoms with Crippen molar-refractivity contribution in [3.63, 3.8) is 0 Å². The highest BCUT2D eigenvalue weighted by Gasteiger charge is 2.57. The summed E-state index contributed by atoms with van der Waals surface area (Å²) in [7, 11) is 1.63. The molecule has 1 aromatic heterocycles. The van der Waals surface area contributed by atoms with Gasteiger partial charge in [0.1, 0.15) is 17.2 Å². The number of fused-ring (bicyclic) bond motifs is 6. The van der Waals surface area contributed by atoms with Gasteiger partial charge in [-0.15, -0.1) is 0 Å². The van der Waals surface area contributed by atoms with Crippen LogP contribution in [0.15, 0.2) is 22.9 Å². The first-order valence-corrected chi connectivity index (χ1v) is 10.4. The molecule has 178 valence electrons. The van der Waals surface area contributed by atoms with E-state index in [4.69, 9.17) is 0 Å². The highest BCUT2D eigenvalue weighted by Crippen LogP contribution is 2.53. The quantitative estimate of drug-likeness (QED) is 0.371. The summed E-state index contributed by atoms with van der Waals surface area (Å²) in [6.07, 6.45) is -6.88. The van der Waals surface area contributed by atoms with E-state index in [1.165, 1.54) is 24.8 Å². The van der Waals surface area contributed by atoms with E-state index in [9.17, 15) is 36.6 Å². The number of quaternary nitrogens is 1. The van der Waals surface area contributed by atoms with Gasteiger partial charge >= 0.3 is 12.1 Å². The minimum atomic E-state index is -4.79. The van der Waals surface area contributed by atoms with Gasteiger partial charge in [0.15, 0.2) is 17.4 Å². The van der Waals surface area contributed by atoms with Gasteiger partial charge in [-0.2, -0.15) is 13.2 Å². The molecule has 2 unspecified atom stereocenters. The minimum Gasteiger partial charge on any atom is -0.477 e. The molecule has 4 heterocycles. The number of aryl methyl sites for hydroxylation is 1. The average Bonchev–Trinajstić information content (AvgIpc) is 2.85. The van der Waals surface area contributed by atoms with E-state index in [1.54, 1.807) is 14.0 Å². The van der Waals surface area contributed by atoms with E-state index < -0.39 is 54.1 Å². The number of Topliss-reactive ketones (excluding diaryl/α,β-unsaturated/α-hetero) is 1. The van der Waals surface area contributed by atoms with Crippen molar-refractivity contribution in [3.8, 4) is 0 Å². The second kappa shape index (κ2) is 7.09. The molecule has 0 amide bonds. The normalized spacial score (nSPS) is 27.1. The van der Waals surface area contributed by atoms with Crippen LogP contribution >= 0.6 is 0 Å². The second-order valence-corrected chi connectivity index (χ2v) is 8.99. The van der Waals surface area contributed by atoms with Crippen molar-refractivity contribution in [2.75, 3.05) is 18.5 Å². The summed E-state index contributed by atoms with van der Waals surface area (Å²) in [5.41, 5.74) is -1.32. The largest absolute Gasteiger partial charge is 0.477 e. The highest BCUT2D eigenvalue weighted by atomic mass is 19.4. The lowest BCUT2D eigenvalue weighted by Gasteiger charge is -2.52. The van der Waals surface area contributed by atoms with E-state index in [1.807, 2.05) is 0 Å². The number of carbonyl (C=O) groups is 2. The first-order chi connectivity index (χ1) is 15.1. The van der Waals surface area contributed by atoms with Crippen molar-refractivity contribution < 1.29 is 41.1 Å². The first-order valence-electron chi connectivity index (χ1n) is 10.4. The van der Waals surface area contributed by atoms with Crippen LogP contribution in [0.4, 0.5) is 27.8 Å². The van der Waals surface area contributed by atoms with Gasteiger partial charge in [0.2, 0.25) is 11.7 Å². The van der Waals surface area contributed by atoms with Crippen molar-refractivity contribution in [1.29, 1.82) is 0 Å². The maximum Gasteiger partial charge on any atom is 0.433 e. The zero-order chi connectivity index (χ0) is 24.7. The number of carboxylic acid groups (broad SMARTS) is 1. The Morgan fingerprint density at radius 1 is 1.24 bits per heavy atom. The number of pyridine rings is 1. The van der Waals surface area contributed by atoms with Gasteiger partial charge in [0, 0.05) is 32.7 Å². The molecule has 4 rings (SSSR count). The zero-order valence-corrected chi connectivity index (χ0v) is 18.5. The van der Waals surface area contributed by atoms with Crippen molar-refractivity contribution in [2.45, 2.75) is 58.3 Å². The number of hydrogen-bond acceptors (Lipinski definition) is 4. The van der Waals surface area contributed by atoms with Crippen molar-refractivity contribution in [3.05, 3.63) is 39.7 Å². The van der Waals surface area contributed by atoms with Gasteiger partial charge in [0.25, 0.3) is 0 Å².